The zero-order valence-corrected chi connectivity index (χ0v) is 19.2. The van der Waals surface area contributed by atoms with Crippen LogP contribution < -0.4 is 21.7 Å². The molecule has 5 N–H and O–H groups in total. The quantitative estimate of drug-likeness (QED) is 0.429. The number of hydrogen-bond donors (Lipinski definition) is 4. The molecule has 172 valence electrons. The summed E-state index contributed by atoms with van der Waals surface area (Å²) in [4.78, 5) is 21.1. The number of halogens is 1. The van der Waals surface area contributed by atoms with Crippen molar-refractivity contribution in [1.82, 2.24) is 20.6 Å². The molecule has 7 nitrogen and oxygen atoms in total. The smallest absolute Gasteiger partial charge is 0.226 e. The van der Waals surface area contributed by atoms with Gasteiger partial charge in [-0.2, -0.15) is 4.98 Å². The first-order chi connectivity index (χ1) is 15.0. The Kier molecular flexibility index (Phi) is 7.54. The van der Waals surface area contributed by atoms with Gasteiger partial charge in [0.25, 0.3) is 0 Å². The highest BCUT2D eigenvalue weighted by molar-refractivity contribution is 6.29. The Labute approximate surface area is 190 Å². The van der Waals surface area contributed by atoms with Crippen molar-refractivity contribution in [1.29, 1.82) is 0 Å². The number of rotatable bonds is 9. The van der Waals surface area contributed by atoms with Gasteiger partial charge in [-0.1, -0.05) is 30.9 Å². The lowest BCUT2D eigenvalue weighted by molar-refractivity contribution is -0.126. The molecule has 0 radical (unpaired) electrons. The van der Waals surface area contributed by atoms with E-state index in [0.717, 1.165) is 45.3 Å². The van der Waals surface area contributed by atoms with Gasteiger partial charge in [-0.05, 0) is 57.3 Å². The number of nitrogens with two attached hydrogens (primary N) is 1. The van der Waals surface area contributed by atoms with Crippen LogP contribution in [0.5, 0.6) is 0 Å². The van der Waals surface area contributed by atoms with E-state index in [1.807, 2.05) is 0 Å². The highest BCUT2D eigenvalue weighted by Gasteiger charge is 2.43. The topological polar surface area (TPSA) is 105 Å². The third-order valence-corrected chi connectivity index (χ3v) is 7.64. The van der Waals surface area contributed by atoms with Gasteiger partial charge in [0.05, 0.1) is 0 Å². The van der Waals surface area contributed by atoms with Crippen molar-refractivity contribution < 1.29 is 4.79 Å². The fourth-order valence-corrected chi connectivity index (χ4v) is 5.25. The first-order valence-corrected chi connectivity index (χ1v) is 12.4. The van der Waals surface area contributed by atoms with Gasteiger partial charge in [-0.15, -0.1) is 0 Å². The lowest BCUT2D eigenvalue weighted by Crippen LogP contribution is -2.42. The zero-order chi connectivity index (χ0) is 21.7. The van der Waals surface area contributed by atoms with Crippen LogP contribution in [0.2, 0.25) is 5.15 Å². The molecule has 0 bridgehead atoms. The summed E-state index contributed by atoms with van der Waals surface area (Å²) in [7, 11) is 0. The molecule has 0 atom stereocenters. The predicted molar refractivity (Wildman–Crippen MR) is 125 cm³/mol. The second-order valence-electron chi connectivity index (χ2n) is 9.97. The number of anilines is 2. The molecule has 0 spiro atoms. The maximum absolute atomic E-state index is 12.7. The van der Waals surface area contributed by atoms with Crippen molar-refractivity contribution in [2.24, 2.45) is 17.3 Å². The Morgan fingerprint density at radius 2 is 1.81 bits per heavy atom. The zero-order valence-electron chi connectivity index (χ0n) is 18.5. The first-order valence-electron chi connectivity index (χ1n) is 12.1. The van der Waals surface area contributed by atoms with Crippen LogP contribution in [-0.2, 0) is 4.79 Å². The molecule has 0 aromatic carbocycles. The molecule has 3 fully saturated rings. The first kappa shape index (κ1) is 22.6. The number of amides is 1. The van der Waals surface area contributed by atoms with Crippen LogP contribution >= 0.6 is 11.6 Å². The van der Waals surface area contributed by atoms with Crippen LogP contribution in [0.15, 0.2) is 6.07 Å². The van der Waals surface area contributed by atoms with Gasteiger partial charge in [-0.25, -0.2) is 4.98 Å². The summed E-state index contributed by atoms with van der Waals surface area (Å²) in [5.74, 6) is 1.76. The average molecular weight is 449 g/mol. The lowest BCUT2D eigenvalue weighted by Gasteiger charge is -2.29. The number of carbonyl (C=O) groups is 1. The average Bonchev–Trinajstić information content (AvgIpc) is 3.55. The van der Waals surface area contributed by atoms with Crippen LogP contribution in [0, 0.1) is 17.3 Å². The summed E-state index contributed by atoms with van der Waals surface area (Å²) in [6, 6.07) is 2.23. The second kappa shape index (κ2) is 10.3. The van der Waals surface area contributed by atoms with E-state index in [-0.39, 0.29) is 11.8 Å². The number of nitrogens with one attached hydrogen (secondary N) is 3. The largest absolute Gasteiger partial charge is 0.383 e. The summed E-state index contributed by atoms with van der Waals surface area (Å²) >= 11 is 5.93. The Morgan fingerprint density at radius 3 is 2.48 bits per heavy atom. The third-order valence-electron chi connectivity index (χ3n) is 7.45. The molecule has 1 aromatic heterocycles. The van der Waals surface area contributed by atoms with Gasteiger partial charge in [-0.3, -0.25) is 4.79 Å². The summed E-state index contributed by atoms with van der Waals surface area (Å²) in [5, 5.41) is 10.7. The Hall–Kier alpha value is -1.60. The molecule has 8 heteroatoms. The minimum absolute atomic E-state index is 0.149. The van der Waals surface area contributed by atoms with Crippen molar-refractivity contribution in [3.63, 3.8) is 0 Å². The van der Waals surface area contributed by atoms with Crippen LogP contribution in [0.1, 0.15) is 70.6 Å². The van der Waals surface area contributed by atoms with Crippen LogP contribution in [0.3, 0.4) is 0 Å². The van der Waals surface area contributed by atoms with E-state index in [9.17, 15) is 4.79 Å². The van der Waals surface area contributed by atoms with Crippen LogP contribution in [0.25, 0.3) is 0 Å². The molecule has 1 aromatic rings. The van der Waals surface area contributed by atoms with Crippen molar-refractivity contribution in [3.8, 4) is 0 Å². The molecule has 0 unspecified atom stereocenters. The van der Waals surface area contributed by atoms with E-state index in [0.29, 0.717) is 34.3 Å². The molecule has 1 heterocycles. The van der Waals surface area contributed by atoms with Gasteiger partial charge in [0.15, 0.2) is 0 Å². The van der Waals surface area contributed by atoms with Crippen molar-refractivity contribution in [2.75, 3.05) is 30.7 Å². The van der Waals surface area contributed by atoms with Gasteiger partial charge in [0.2, 0.25) is 11.9 Å². The third kappa shape index (κ3) is 6.69. The molecule has 3 aliphatic rings. The normalized spacial score (nSPS) is 25.7. The SMILES string of the molecule is Nc1cc(Cl)nc(NC[C@H]2CC[C@H](C(=O)NCC3(CNC4CCCCC4)CC3)CC2)n1. The highest BCUT2D eigenvalue weighted by atomic mass is 35.5. The van der Waals surface area contributed by atoms with Crippen molar-refractivity contribution >= 4 is 29.3 Å². The van der Waals surface area contributed by atoms with Crippen LogP contribution in [-0.4, -0.2) is 41.6 Å². The van der Waals surface area contributed by atoms with E-state index in [1.54, 1.807) is 0 Å². The maximum Gasteiger partial charge on any atom is 0.226 e. The minimum atomic E-state index is 0.149. The van der Waals surface area contributed by atoms with E-state index < -0.39 is 0 Å². The fourth-order valence-electron chi connectivity index (χ4n) is 5.06. The van der Waals surface area contributed by atoms with Crippen LogP contribution in [0.4, 0.5) is 11.8 Å². The Bertz CT molecular complexity index is 721. The lowest BCUT2D eigenvalue weighted by atomic mass is 9.81. The van der Waals surface area contributed by atoms with E-state index in [4.69, 9.17) is 17.3 Å². The summed E-state index contributed by atoms with van der Waals surface area (Å²) in [5.41, 5.74) is 6.03. The maximum atomic E-state index is 12.7. The number of aromatic nitrogens is 2. The van der Waals surface area contributed by atoms with Gasteiger partial charge < -0.3 is 21.7 Å². The van der Waals surface area contributed by atoms with E-state index in [2.05, 4.69) is 25.9 Å². The van der Waals surface area contributed by atoms with Crippen molar-refractivity contribution in [2.45, 2.75) is 76.7 Å². The molecule has 4 rings (SSSR count). The standard InChI is InChI=1S/C23H37ClN6O/c24-19-12-20(25)30-22(29-19)26-13-16-6-8-17(9-7-16)21(31)28-15-23(10-11-23)14-27-18-4-2-1-3-5-18/h12,16-18,27H,1-11,13-15H2,(H,28,31)(H3,25,26,29,30)/t16-,17-. The molecular weight excluding hydrogens is 412 g/mol. The Balaban J connectivity index is 1.13. The molecule has 0 aliphatic heterocycles. The monoisotopic (exact) mass is 448 g/mol. The highest BCUT2D eigenvalue weighted by Crippen LogP contribution is 2.44. The summed E-state index contributed by atoms with van der Waals surface area (Å²) in [6.45, 7) is 2.68. The summed E-state index contributed by atoms with van der Waals surface area (Å²) < 4.78 is 0. The van der Waals surface area contributed by atoms with Gasteiger partial charge in [0.1, 0.15) is 11.0 Å². The van der Waals surface area contributed by atoms with Gasteiger partial charge >= 0.3 is 0 Å². The fraction of sp³-hybridized carbons (Fsp3) is 0.783. The molecule has 0 saturated heterocycles. The number of nitrogen functional groups attached to an aromatic ring is 1. The molecule has 1 amide bonds. The van der Waals surface area contributed by atoms with E-state index >= 15 is 0 Å². The second-order valence-corrected chi connectivity index (χ2v) is 10.4. The predicted octanol–water partition coefficient (Wildman–Crippen LogP) is 3.75. The minimum Gasteiger partial charge on any atom is -0.383 e. The summed E-state index contributed by atoms with van der Waals surface area (Å²) in [6.07, 6.45) is 13.2. The Morgan fingerprint density at radius 1 is 1.06 bits per heavy atom. The number of hydrogen-bond acceptors (Lipinski definition) is 6. The molecule has 31 heavy (non-hydrogen) atoms. The van der Waals surface area contributed by atoms with E-state index in [1.165, 1.54) is 51.0 Å². The van der Waals surface area contributed by atoms with Gasteiger partial charge in [0, 0.05) is 43.1 Å². The molecular formula is C23H37ClN6O. The molecule has 3 aliphatic carbocycles. The molecule has 3 saturated carbocycles. The number of carbonyl (C=O) groups excluding carboxylic acids is 1. The van der Waals surface area contributed by atoms with Crippen molar-refractivity contribution in [3.05, 3.63) is 11.2 Å². The number of nitrogens with zero attached hydrogens (tertiary/aromatic N) is 2.